The van der Waals surface area contributed by atoms with Gasteiger partial charge in [-0.2, -0.15) is 5.10 Å². The van der Waals surface area contributed by atoms with Crippen LogP contribution in [0.4, 0.5) is 5.82 Å². The van der Waals surface area contributed by atoms with E-state index in [4.69, 9.17) is 15.2 Å². The first kappa shape index (κ1) is 26.8. The normalized spacial score (nSPS) is 15.2. The third-order valence-corrected chi connectivity index (χ3v) is 6.54. The Morgan fingerprint density at radius 3 is 2.67 bits per heavy atom. The molecule has 0 aliphatic carbocycles. The zero-order valence-electron chi connectivity index (χ0n) is 22.5. The molecule has 4 aromatic rings. The zero-order valence-corrected chi connectivity index (χ0v) is 22.5. The molecule has 3 aromatic carbocycles. The third kappa shape index (κ3) is 6.24. The van der Waals surface area contributed by atoms with Crippen LogP contribution in [0.3, 0.4) is 0 Å². The molecule has 4 N–H and O–H groups in total. The molecule has 1 saturated heterocycles. The Morgan fingerprint density at radius 1 is 1.07 bits per heavy atom. The van der Waals surface area contributed by atoms with Crippen LogP contribution in [-0.4, -0.2) is 71.6 Å². The van der Waals surface area contributed by atoms with E-state index in [2.05, 4.69) is 15.5 Å². The van der Waals surface area contributed by atoms with Crippen LogP contribution >= 0.6 is 0 Å². The van der Waals surface area contributed by atoms with Crippen molar-refractivity contribution >= 4 is 28.5 Å². The third-order valence-electron chi connectivity index (χ3n) is 6.54. The monoisotopic (exact) mass is 540 g/mol. The van der Waals surface area contributed by atoms with Gasteiger partial charge in [-0.05, 0) is 63.0 Å². The van der Waals surface area contributed by atoms with Crippen molar-refractivity contribution in [2.45, 2.75) is 12.5 Å². The molecule has 1 fully saturated rings. The van der Waals surface area contributed by atoms with Gasteiger partial charge >= 0.3 is 0 Å². The molecule has 40 heavy (non-hydrogen) atoms. The summed E-state index contributed by atoms with van der Waals surface area (Å²) in [4.78, 5) is 28.7. The molecule has 0 radical (unpaired) electrons. The highest BCUT2D eigenvalue weighted by Gasteiger charge is 2.26. The summed E-state index contributed by atoms with van der Waals surface area (Å²) in [6.45, 7) is 1.94. The molecule has 1 aliphatic heterocycles. The van der Waals surface area contributed by atoms with Crippen LogP contribution in [0, 0.1) is 0 Å². The lowest BCUT2D eigenvalue weighted by Crippen LogP contribution is -2.30. The quantitative estimate of drug-likeness (QED) is 0.255. The van der Waals surface area contributed by atoms with Gasteiger partial charge in [0, 0.05) is 31.8 Å². The molecule has 0 saturated carbocycles. The van der Waals surface area contributed by atoms with Crippen LogP contribution in [0.2, 0.25) is 0 Å². The van der Waals surface area contributed by atoms with Crippen molar-refractivity contribution in [3.8, 4) is 23.0 Å². The van der Waals surface area contributed by atoms with Gasteiger partial charge in [0.1, 0.15) is 23.0 Å². The Bertz CT molecular complexity index is 1530. The molecular weight excluding hydrogens is 508 g/mol. The first-order chi connectivity index (χ1) is 19.4. The lowest BCUT2D eigenvalue weighted by Gasteiger charge is -2.16. The van der Waals surface area contributed by atoms with Gasteiger partial charge < -0.3 is 30.3 Å². The number of likely N-dealkylation sites (N-methyl/N-ethyl adjacent to an activating group) is 1. The topological polar surface area (TPSA) is 126 Å². The van der Waals surface area contributed by atoms with Crippen molar-refractivity contribution < 1.29 is 19.1 Å². The van der Waals surface area contributed by atoms with Crippen molar-refractivity contribution in [2.75, 3.05) is 39.0 Å². The van der Waals surface area contributed by atoms with E-state index in [-0.39, 0.29) is 17.5 Å². The van der Waals surface area contributed by atoms with Gasteiger partial charge in [0.25, 0.3) is 5.91 Å². The average molecular weight is 541 g/mol. The van der Waals surface area contributed by atoms with Crippen LogP contribution in [0.15, 0.2) is 78.9 Å². The maximum atomic E-state index is 12.6. The number of aromatic nitrogens is 2. The molecule has 0 bridgehead atoms. The molecule has 1 atom stereocenters. The minimum Gasteiger partial charge on any atom is -0.457 e. The number of likely N-dealkylation sites (tertiary alicyclic amines) is 1. The second-order valence-corrected chi connectivity index (χ2v) is 9.87. The van der Waals surface area contributed by atoms with E-state index in [0.29, 0.717) is 48.5 Å². The fourth-order valence-corrected chi connectivity index (χ4v) is 4.57. The molecule has 1 aliphatic rings. The fourth-order valence-electron chi connectivity index (χ4n) is 4.57. The number of rotatable bonds is 10. The lowest BCUT2D eigenvalue weighted by atomic mass is 10.1. The Labute approximate surface area is 232 Å². The number of aromatic amines is 1. The number of amides is 2. The van der Waals surface area contributed by atoms with Crippen LogP contribution < -0.4 is 20.5 Å². The highest BCUT2D eigenvalue weighted by atomic mass is 16.5. The molecule has 1 aromatic heterocycles. The smallest absolute Gasteiger partial charge is 0.252 e. The Balaban J connectivity index is 1.33. The van der Waals surface area contributed by atoms with E-state index in [9.17, 15) is 9.59 Å². The van der Waals surface area contributed by atoms with E-state index in [1.165, 1.54) is 0 Å². The zero-order chi connectivity index (χ0) is 28.1. The van der Waals surface area contributed by atoms with Crippen molar-refractivity contribution in [3.05, 3.63) is 84.4 Å². The predicted octanol–water partition coefficient (Wildman–Crippen LogP) is 4.38. The van der Waals surface area contributed by atoms with Crippen LogP contribution in [0.1, 0.15) is 16.8 Å². The molecule has 0 unspecified atom stereocenters. The van der Waals surface area contributed by atoms with Crippen LogP contribution in [-0.2, 0) is 4.79 Å². The number of nitrogens with one attached hydrogen (secondary N) is 2. The molecule has 0 spiro atoms. The Hall–Kier alpha value is -4.83. The van der Waals surface area contributed by atoms with Gasteiger partial charge in [-0.25, -0.2) is 0 Å². The van der Waals surface area contributed by atoms with Crippen LogP contribution in [0.5, 0.6) is 23.0 Å². The molecular formula is C30H32N6O4. The van der Waals surface area contributed by atoms with Crippen molar-refractivity contribution in [1.29, 1.82) is 0 Å². The number of carbonyl (C=O) groups is 2. The summed E-state index contributed by atoms with van der Waals surface area (Å²) in [5.74, 6) is 1.88. The van der Waals surface area contributed by atoms with Gasteiger partial charge in [0.2, 0.25) is 5.91 Å². The second kappa shape index (κ2) is 11.9. The van der Waals surface area contributed by atoms with E-state index in [1.807, 2.05) is 78.5 Å². The Morgan fingerprint density at radius 2 is 1.90 bits per heavy atom. The minimum absolute atomic E-state index is 0.000676. The van der Waals surface area contributed by atoms with Crippen molar-refractivity contribution in [3.63, 3.8) is 0 Å². The van der Waals surface area contributed by atoms with E-state index < -0.39 is 5.91 Å². The van der Waals surface area contributed by atoms with E-state index >= 15 is 0 Å². The van der Waals surface area contributed by atoms with E-state index in [1.54, 1.807) is 24.3 Å². The first-order valence-corrected chi connectivity index (χ1v) is 13.1. The summed E-state index contributed by atoms with van der Waals surface area (Å²) in [5.41, 5.74) is 6.66. The van der Waals surface area contributed by atoms with Gasteiger partial charge in [-0.1, -0.05) is 30.3 Å². The summed E-state index contributed by atoms with van der Waals surface area (Å²) >= 11 is 0. The molecule has 10 heteroatoms. The van der Waals surface area contributed by atoms with Crippen molar-refractivity contribution in [1.82, 2.24) is 20.0 Å². The largest absolute Gasteiger partial charge is 0.457 e. The summed E-state index contributed by atoms with van der Waals surface area (Å²) in [5, 5.41) is 11.7. The minimum atomic E-state index is -0.637. The number of carbonyl (C=O) groups excluding carboxylic acids is 2. The van der Waals surface area contributed by atoms with Gasteiger partial charge in [0.05, 0.1) is 16.5 Å². The highest BCUT2D eigenvalue weighted by Crippen LogP contribution is 2.37. The first-order valence-electron chi connectivity index (χ1n) is 13.1. The maximum absolute atomic E-state index is 12.6. The molecule has 2 heterocycles. The highest BCUT2D eigenvalue weighted by molar-refractivity contribution is 5.98. The lowest BCUT2D eigenvalue weighted by molar-refractivity contribution is -0.125. The van der Waals surface area contributed by atoms with Crippen LogP contribution in [0.25, 0.3) is 10.9 Å². The number of hydrogen-bond donors (Lipinski definition) is 3. The number of ether oxygens (including phenoxy) is 2. The standard InChI is InChI=1S/C30H32N6O4/c1-35(2)16-7-12-27(37)36-17-15-20(19-36)32-30-28-24(33-34-30)10-6-11-26(28)40-25-14-13-22(18-23(25)29(31)38)39-21-8-4-3-5-9-21/h3-14,18,20H,15-17,19H2,1-2H3,(H2,31,38)(H2,32,33,34)/b12-7+/t20-/m1/s1. The van der Waals surface area contributed by atoms with Crippen molar-refractivity contribution in [2.24, 2.45) is 5.73 Å². The number of anilines is 1. The number of hydrogen-bond acceptors (Lipinski definition) is 7. The number of benzene rings is 3. The van der Waals surface area contributed by atoms with E-state index in [0.717, 1.165) is 17.3 Å². The SMILES string of the molecule is CN(C)C/C=C/C(=O)N1CC[C@@H](Nc2n[nH]c3cccc(Oc4ccc(Oc5ccccc5)cc4C(N)=O)c23)C1. The predicted molar refractivity (Wildman–Crippen MR) is 154 cm³/mol. The fraction of sp³-hybridized carbons (Fsp3) is 0.233. The summed E-state index contributed by atoms with van der Waals surface area (Å²) < 4.78 is 12.1. The number of nitrogens with two attached hydrogens (primary N) is 1. The number of primary amides is 1. The molecule has 206 valence electrons. The Kier molecular flexibility index (Phi) is 7.97. The molecule has 5 rings (SSSR count). The summed E-state index contributed by atoms with van der Waals surface area (Å²) in [6, 6.07) is 19.8. The number of fused-ring (bicyclic) bond motifs is 1. The summed E-state index contributed by atoms with van der Waals surface area (Å²) in [7, 11) is 3.92. The van der Waals surface area contributed by atoms with Gasteiger partial charge in [0.15, 0.2) is 5.82 Å². The number of nitrogens with zero attached hydrogens (tertiary/aromatic N) is 3. The molecule has 2 amide bonds. The summed E-state index contributed by atoms with van der Waals surface area (Å²) in [6.07, 6.45) is 4.29. The van der Waals surface area contributed by atoms with Gasteiger partial charge in [-0.15, -0.1) is 0 Å². The maximum Gasteiger partial charge on any atom is 0.252 e. The van der Waals surface area contributed by atoms with Gasteiger partial charge in [-0.3, -0.25) is 14.7 Å². The average Bonchev–Trinajstić information content (AvgIpc) is 3.58. The number of H-pyrrole nitrogens is 1. The molecule has 10 nitrogen and oxygen atoms in total. The second-order valence-electron chi connectivity index (χ2n) is 9.87. The number of para-hydroxylation sites is 1.